The predicted octanol–water partition coefficient (Wildman–Crippen LogP) is 6.77. The number of alkyl halides is 6. The molecule has 3 rings (SSSR count). The van der Waals surface area contributed by atoms with Crippen molar-refractivity contribution in [1.29, 1.82) is 0 Å². The molecule has 0 aliphatic heterocycles. The van der Waals surface area contributed by atoms with Gasteiger partial charge in [-0.1, -0.05) is 13.2 Å². The molecule has 0 spiro atoms. The number of halogens is 8. The lowest BCUT2D eigenvalue weighted by atomic mass is 10.0. The van der Waals surface area contributed by atoms with Crippen LogP contribution >= 0.6 is 0 Å². The van der Waals surface area contributed by atoms with Gasteiger partial charge in [-0.3, -0.25) is 0 Å². The average molecular weight is 692 g/mol. The quantitative estimate of drug-likeness (QED) is 0.0590. The molecule has 0 amide bonds. The van der Waals surface area contributed by atoms with Crippen molar-refractivity contribution in [1.82, 2.24) is 0 Å². The second-order valence-electron chi connectivity index (χ2n) is 8.70. The van der Waals surface area contributed by atoms with E-state index in [1.165, 1.54) is 0 Å². The Morgan fingerprint density at radius 2 is 1.06 bits per heavy atom. The van der Waals surface area contributed by atoms with E-state index in [4.69, 9.17) is 18.9 Å². The summed E-state index contributed by atoms with van der Waals surface area (Å²) in [7, 11) is 0. The Morgan fingerprint density at radius 3 is 1.56 bits per heavy atom. The van der Waals surface area contributed by atoms with Gasteiger partial charge in [0, 0.05) is 24.3 Å². The molecule has 0 N–H and O–H groups in total. The third-order valence-corrected chi connectivity index (χ3v) is 5.58. The molecule has 48 heavy (non-hydrogen) atoms. The first-order valence-corrected chi connectivity index (χ1v) is 12.8. The lowest BCUT2D eigenvalue weighted by Crippen LogP contribution is -2.22. The number of esters is 3. The number of rotatable bonds is 14. The Labute approximate surface area is 264 Å². The minimum absolute atomic E-state index is 0.160. The van der Waals surface area contributed by atoms with Gasteiger partial charge in [-0.05, 0) is 36.4 Å². The highest BCUT2D eigenvalue weighted by Crippen LogP contribution is 2.49. The highest BCUT2D eigenvalue weighted by Gasteiger charge is 2.48. The minimum atomic E-state index is -5.80. The van der Waals surface area contributed by atoms with Crippen LogP contribution < -0.4 is 23.7 Å². The zero-order chi connectivity index (χ0) is 35.6. The number of hydrogen-bond acceptors (Lipinski definition) is 10. The molecule has 18 heteroatoms. The highest BCUT2D eigenvalue weighted by molar-refractivity contribution is 5.91. The smallest absolute Gasteiger partial charge is 0.420 e. The maximum Gasteiger partial charge on any atom is 0.420 e. The van der Waals surface area contributed by atoms with Gasteiger partial charge in [-0.15, -0.1) is 0 Å². The number of carbonyl (C=O) groups is 3. The van der Waals surface area contributed by atoms with E-state index in [-0.39, 0.29) is 11.5 Å². The van der Waals surface area contributed by atoms with E-state index in [1.54, 1.807) is 0 Å². The van der Waals surface area contributed by atoms with Crippen molar-refractivity contribution < 1.29 is 82.7 Å². The minimum Gasteiger partial charge on any atom is -0.457 e. The summed E-state index contributed by atoms with van der Waals surface area (Å²) in [5.41, 5.74) is -5.91. The Morgan fingerprint density at radius 1 is 0.604 bits per heavy atom. The van der Waals surface area contributed by atoms with Crippen molar-refractivity contribution in [3.63, 3.8) is 0 Å². The molecule has 0 fully saturated rings. The van der Waals surface area contributed by atoms with Crippen molar-refractivity contribution in [2.45, 2.75) is 12.4 Å². The van der Waals surface area contributed by atoms with Gasteiger partial charge < -0.3 is 33.2 Å². The lowest BCUT2D eigenvalue weighted by Gasteiger charge is -2.22. The predicted molar refractivity (Wildman–Crippen MR) is 144 cm³/mol. The third-order valence-electron chi connectivity index (χ3n) is 5.58. The van der Waals surface area contributed by atoms with Crippen LogP contribution in [0.5, 0.6) is 28.7 Å². The molecule has 256 valence electrons. The van der Waals surface area contributed by atoms with Gasteiger partial charge in [0.15, 0.2) is 11.6 Å². The summed E-state index contributed by atoms with van der Waals surface area (Å²) in [6.45, 7) is 3.74. The van der Waals surface area contributed by atoms with E-state index >= 15 is 0 Å². The second-order valence-corrected chi connectivity index (χ2v) is 8.70. The largest absolute Gasteiger partial charge is 0.457 e. The molecule has 0 radical (unpaired) electrons. The van der Waals surface area contributed by atoms with E-state index in [0.29, 0.717) is 24.3 Å². The topological polar surface area (TPSA) is 116 Å². The van der Waals surface area contributed by atoms with Crippen molar-refractivity contribution >= 4 is 17.9 Å². The number of benzene rings is 3. The molecule has 0 atom stereocenters. The molecule has 10 nitrogen and oxygen atoms in total. The van der Waals surface area contributed by atoms with Crippen molar-refractivity contribution in [3.8, 4) is 28.7 Å². The maximum atomic E-state index is 14.6. The fraction of sp³-hybridized carbons (Fsp3) is 0.167. The Balaban J connectivity index is 1.80. The third kappa shape index (κ3) is 9.84. The van der Waals surface area contributed by atoms with E-state index < -0.39 is 96.2 Å². The molecule has 0 saturated carbocycles. The summed E-state index contributed by atoms with van der Waals surface area (Å²) in [4.78, 5) is 34.6. The first kappa shape index (κ1) is 36.7. The fourth-order valence-electron chi connectivity index (χ4n) is 3.51. The van der Waals surface area contributed by atoms with Crippen LogP contribution in [0.15, 0.2) is 73.8 Å². The molecular weight excluding hydrogens is 672 g/mol. The zero-order valence-corrected chi connectivity index (χ0v) is 23.9. The summed E-state index contributed by atoms with van der Waals surface area (Å²) in [6, 6.07) is 5.70. The first-order chi connectivity index (χ1) is 22.5. The molecule has 0 bridgehead atoms. The van der Waals surface area contributed by atoms with Crippen LogP contribution in [0, 0.1) is 11.6 Å². The molecule has 0 heterocycles. The van der Waals surface area contributed by atoms with Gasteiger partial charge in [0.25, 0.3) is 0 Å². The molecule has 0 saturated heterocycles. The van der Waals surface area contributed by atoms with E-state index in [9.17, 15) is 49.5 Å². The molecule has 0 aliphatic rings. The van der Waals surface area contributed by atoms with Crippen LogP contribution in [-0.4, -0.2) is 38.3 Å². The van der Waals surface area contributed by atoms with Gasteiger partial charge in [0.05, 0.1) is 5.56 Å². The van der Waals surface area contributed by atoms with Crippen molar-refractivity contribution in [3.05, 3.63) is 102 Å². The summed E-state index contributed by atoms with van der Waals surface area (Å²) < 4.78 is 146. The van der Waals surface area contributed by atoms with Gasteiger partial charge >= 0.3 is 30.3 Å². The maximum absolute atomic E-state index is 14.6. The highest BCUT2D eigenvalue weighted by atomic mass is 19.4. The van der Waals surface area contributed by atoms with Crippen molar-refractivity contribution in [2.75, 3.05) is 20.4 Å². The van der Waals surface area contributed by atoms with Crippen LogP contribution in [0.2, 0.25) is 0 Å². The Hall–Kier alpha value is -5.81. The van der Waals surface area contributed by atoms with Gasteiger partial charge in [-0.2, -0.15) is 26.3 Å². The normalized spacial score (nSPS) is 11.2. The fourth-order valence-corrected chi connectivity index (χ4v) is 3.51. The standard InChI is InChI=1S/C30H20F8O10/c1-3-24(39)46-13-42-16-5-7-18(19(31)11-16)28(41)48-23-10-9-22(26(29(33,34)35)27(23)30(36,37)38)45-15-44-21-8-6-17(12-20(21)32)43-14-47-25(40)4-2/h3-12H,1-2,13-15H2. The molecule has 3 aromatic rings. The molecule has 0 aliphatic carbocycles. The first-order valence-electron chi connectivity index (χ1n) is 12.8. The summed E-state index contributed by atoms with van der Waals surface area (Å²) >= 11 is 0. The number of ether oxygens (including phenoxy) is 7. The van der Waals surface area contributed by atoms with Crippen LogP contribution in [-0.2, 0) is 31.4 Å². The zero-order valence-electron chi connectivity index (χ0n) is 23.9. The number of hydrogen-bond donors (Lipinski definition) is 0. The van der Waals surface area contributed by atoms with Crippen LogP contribution in [0.25, 0.3) is 0 Å². The SMILES string of the molecule is C=CC(=O)OCOc1ccc(OCOc2ccc(OC(=O)c3ccc(OCOC(=O)C=C)cc3F)c(C(F)(F)F)c2C(F)(F)F)c(F)c1. The summed E-state index contributed by atoms with van der Waals surface area (Å²) in [5, 5.41) is 0. The van der Waals surface area contributed by atoms with Gasteiger partial charge in [-0.25, -0.2) is 23.2 Å². The van der Waals surface area contributed by atoms with Gasteiger partial charge in [0.1, 0.15) is 39.9 Å². The van der Waals surface area contributed by atoms with Gasteiger partial charge in [0.2, 0.25) is 20.4 Å². The Bertz CT molecular complexity index is 1690. The summed E-state index contributed by atoms with van der Waals surface area (Å²) in [6.07, 6.45) is -9.91. The van der Waals surface area contributed by atoms with Crippen molar-refractivity contribution in [2.24, 2.45) is 0 Å². The Kier molecular flexibility index (Phi) is 12.0. The molecule has 3 aromatic carbocycles. The van der Waals surface area contributed by atoms with Crippen LogP contribution in [0.3, 0.4) is 0 Å². The van der Waals surface area contributed by atoms with Crippen LogP contribution in [0.1, 0.15) is 21.5 Å². The molecule has 0 unspecified atom stereocenters. The summed E-state index contributed by atoms with van der Waals surface area (Å²) in [5.74, 6) is -10.2. The second kappa shape index (κ2) is 15.7. The average Bonchev–Trinajstić information content (AvgIpc) is 3.01. The van der Waals surface area contributed by atoms with E-state index in [0.717, 1.165) is 36.4 Å². The van der Waals surface area contributed by atoms with E-state index in [2.05, 4.69) is 27.4 Å². The monoisotopic (exact) mass is 692 g/mol. The van der Waals surface area contributed by atoms with Crippen LogP contribution in [0.4, 0.5) is 35.1 Å². The van der Waals surface area contributed by atoms with E-state index in [1.807, 2.05) is 0 Å². The lowest BCUT2D eigenvalue weighted by molar-refractivity contribution is -0.164. The molecular formula is C30H20F8O10. The molecule has 0 aromatic heterocycles. The number of carbonyl (C=O) groups excluding carboxylic acids is 3.